The fourth-order valence-electron chi connectivity index (χ4n) is 2.19. The van der Waals surface area contributed by atoms with Crippen LogP contribution < -0.4 is 10.6 Å². The maximum absolute atomic E-state index is 12.4. The van der Waals surface area contributed by atoms with Crippen molar-refractivity contribution in [1.82, 2.24) is 5.32 Å². The van der Waals surface area contributed by atoms with Crippen LogP contribution in [0, 0.1) is 0 Å². The van der Waals surface area contributed by atoms with E-state index in [0.717, 1.165) is 6.42 Å². The molecule has 1 atom stereocenters. The Balaban J connectivity index is 2.04. The van der Waals surface area contributed by atoms with Gasteiger partial charge in [-0.1, -0.05) is 30.7 Å². The van der Waals surface area contributed by atoms with Crippen LogP contribution in [-0.4, -0.2) is 30.4 Å². The van der Waals surface area contributed by atoms with Gasteiger partial charge >= 0.3 is 5.97 Å². The molecule has 0 aromatic heterocycles. The van der Waals surface area contributed by atoms with E-state index < -0.39 is 5.97 Å². The number of halogens is 1. The van der Waals surface area contributed by atoms with E-state index >= 15 is 0 Å². The smallest absolute Gasteiger partial charge is 0.340 e. The van der Waals surface area contributed by atoms with Gasteiger partial charge < -0.3 is 15.4 Å². The quantitative estimate of drug-likeness (QED) is 0.709. The molecule has 27 heavy (non-hydrogen) atoms. The Morgan fingerprint density at radius 3 is 2.41 bits per heavy atom. The average Bonchev–Trinajstić information content (AvgIpc) is 2.66. The molecule has 6 nitrogen and oxygen atoms in total. The Hall–Kier alpha value is -2.86. The number of rotatable bonds is 7. The lowest BCUT2D eigenvalue weighted by Gasteiger charge is -2.13. The first kappa shape index (κ1) is 20.5. The molecular formula is C20H21ClN2O4. The Kier molecular flexibility index (Phi) is 7.37. The molecule has 2 rings (SSSR count). The van der Waals surface area contributed by atoms with E-state index in [-0.39, 0.29) is 30.0 Å². The summed E-state index contributed by atoms with van der Waals surface area (Å²) in [4.78, 5) is 36.4. The van der Waals surface area contributed by atoms with Crippen molar-refractivity contribution in [2.24, 2.45) is 0 Å². The second-order valence-corrected chi connectivity index (χ2v) is 6.40. The molecule has 2 N–H and O–H groups in total. The van der Waals surface area contributed by atoms with Gasteiger partial charge in [-0.3, -0.25) is 9.59 Å². The second kappa shape index (κ2) is 9.73. The molecule has 0 heterocycles. The zero-order valence-corrected chi connectivity index (χ0v) is 15.9. The highest BCUT2D eigenvalue weighted by atomic mass is 35.5. The molecule has 0 aliphatic rings. The van der Waals surface area contributed by atoms with E-state index in [9.17, 15) is 14.4 Å². The lowest BCUT2D eigenvalue weighted by molar-refractivity contribution is -0.124. The number of carbonyl (C=O) groups is 3. The minimum absolute atomic E-state index is 0.00199. The molecular weight excluding hydrogens is 368 g/mol. The monoisotopic (exact) mass is 388 g/mol. The van der Waals surface area contributed by atoms with Crippen molar-refractivity contribution in [3.63, 3.8) is 0 Å². The second-order valence-electron chi connectivity index (χ2n) is 5.96. The summed E-state index contributed by atoms with van der Waals surface area (Å²) in [5.74, 6) is -1.46. The van der Waals surface area contributed by atoms with Crippen molar-refractivity contribution >= 4 is 35.1 Å². The molecule has 0 aliphatic heterocycles. The fourth-order valence-corrected chi connectivity index (χ4v) is 2.32. The van der Waals surface area contributed by atoms with Crippen LogP contribution in [-0.2, 0) is 9.53 Å². The van der Waals surface area contributed by atoms with Crippen molar-refractivity contribution < 1.29 is 19.1 Å². The number of ether oxygens (including phenoxy) is 1. The molecule has 2 aromatic carbocycles. The minimum atomic E-state index is -0.693. The zero-order chi connectivity index (χ0) is 19.8. The van der Waals surface area contributed by atoms with Crippen LogP contribution in [0.3, 0.4) is 0 Å². The summed E-state index contributed by atoms with van der Waals surface area (Å²) in [6.45, 7) is 3.42. The lowest BCUT2D eigenvalue weighted by Crippen LogP contribution is -2.35. The molecule has 0 spiro atoms. The molecule has 7 heteroatoms. The Bertz CT molecular complexity index is 821. The third-order valence-corrected chi connectivity index (χ3v) is 4.11. The van der Waals surface area contributed by atoms with Crippen molar-refractivity contribution in [3.05, 3.63) is 64.7 Å². The van der Waals surface area contributed by atoms with E-state index in [1.165, 1.54) is 6.07 Å². The van der Waals surface area contributed by atoms with E-state index in [1.807, 2.05) is 13.8 Å². The van der Waals surface area contributed by atoms with E-state index in [2.05, 4.69) is 10.6 Å². The Morgan fingerprint density at radius 1 is 1.07 bits per heavy atom. The van der Waals surface area contributed by atoms with Gasteiger partial charge in [0.2, 0.25) is 0 Å². The maximum Gasteiger partial charge on any atom is 0.340 e. The molecule has 0 saturated heterocycles. The van der Waals surface area contributed by atoms with Gasteiger partial charge in [0.1, 0.15) is 0 Å². The van der Waals surface area contributed by atoms with Crippen LogP contribution in [0.2, 0.25) is 5.02 Å². The first-order valence-corrected chi connectivity index (χ1v) is 8.91. The van der Waals surface area contributed by atoms with Gasteiger partial charge in [0, 0.05) is 16.6 Å². The molecule has 142 valence electrons. The number of benzene rings is 2. The number of amides is 2. The van der Waals surface area contributed by atoms with E-state index in [4.69, 9.17) is 16.3 Å². The standard InChI is InChI=1S/C20H21ClN2O4/c1-3-13(2)22-18(24)12-27-20(26)16-6-4-5-7-17(16)23-19(25)14-8-10-15(21)11-9-14/h4-11,13H,3,12H2,1-2H3,(H,22,24)(H,23,25)/t13-/m0/s1. The number of hydrogen-bond donors (Lipinski definition) is 2. The van der Waals surface area contributed by atoms with Crippen LogP contribution in [0.25, 0.3) is 0 Å². The summed E-state index contributed by atoms with van der Waals surface area (Å²) < 4.78 is 5.06. The van der Waals surface area contributed by atoms with Crippen LogP contribution in [0.1, 0.15) is 41.0 Å². The topological polar surface area (TPSA) is 84.5 Å². The van der Waals surface area contributed by atoms with Gasteiger partial charge in [-0.05, 0) is 49.7 Å². The molecule has 0 unspecified atom stereocenters. The number of hydrogen-bond acceptors (Lipinski definition) is 4. The van der Waals surface area contributed by atoms with Gasteiger partial charge in [0.25, 0.3) is 11.8 Å². The van der Waals surface area contributed by atoms with Crippen molar-refractivity contribution in [2.45, 2.75) is 26.3 Å². The van der Waals surface area contributed by atoms with Crippen LogP contribution in [0.4, 0.5) is 5.69 Å². The molecule has 2 aromatic rings. The molecule has 0 bridgehead atoms. The molecule has 2 amide bonds. The van der Waals surface area contributed by atoms with Crippen LogP contribution >= 0.6 is 11.6 Å². The highest BCUT2D eigenvalue weighted by Crippen LogP contribution is 2.18. The van der Waals surface area contributed by atoms with E-state index in [0.29, 0.717) is 16.3 Å². The average molecular weight is 389 g/mol. The molecule has 0 radical (unpaired) electrons. The normalized spacial score (nSPS) is 11.4. The van der Waals surface area contributed by atoms with Crippen molar-refractivity contribution in [1.29, 1.82) is 0 Å². The molecule has 0 aliphatic carbocycles. The SMILES string of the molecule is CC[C@H](C)NC(=O)COC(=O)c1ccccc1NC(=O)c1ccc(Cl)cc1. The summed E-state index contributed by atoms with van der Waals surface area (Å²) in [6, 6.07) is 12.8. The fraction of sp³-hybridized carbons (Fsp3) is 0.250. The Labute approximate surface area is 162 Å². The number of esters is 1. The van der Waals surface area contributed by atoms with Crippen LogP contribution in [0.5, 0.6) is 0 Å². The van der Waals surface area contributed by atoms with E-state index in [1.54, 1.807) is 42.5 Å². The maximum atomic E-state index is 12.4. The largest absolute Gasteiger partial charge is 0.452 e. The van der Waals surface area contributed by atoms with Crippen LogP contribution in [0.15, 0.2) is 48.5 Å². The highest BCUT2D eigenvalue weighted by molar-refractivity contribution is 6.30. The van der Waals surface area contributed by atoms with Gasteiger partial charge in [-0.2, -0.15) is 0 Å². The van der Waals surface area contributed by atoms with Gasteiger partial charge in [-0.25, -0.2) is 4.79 Å². The third kappa shape index (κ3) is 6.11. The van der Waals surface area contributed by atoms with Crippen molar-refractivity contribution in [3.8, 4) is 0 Å². The minimum Gasteiger partial charge on any atom is -0.452 e. The zero-order valence-electron chi connectivity index (χ0n) is 15.1. The van der Waals surface area contributed by atoms with Gasteiger partial charge in [-0.15, -0.1) is 0 Å². The first-order chi connectivity index (χ1) is 12.9. The van der Waals surface area contributed by atoms with Crippen molar-refractivity contribution in [2.75, 3.05) is 11.9 Å². The number of anilines is 1. The number of nitrogens with one attached hydrogen (secondary N) is 2. The Morgan fingerprint density at radius 2 is 1.74 bits per heavy atom. The summed E-state index contributed by atoms with van der Waals surface area (Å²) in [5, 5.41) is 5.90. The summed E-state index contributed by atoms with van der Waals surface area (Å²) in [7, 11) is 0. The predicted molar refractivity (Wildman–Crippen MR) is 104 cm³/mol. The van der Waals surface area contributed by atoms with Gasteiger partial charge in [0.15, 0.2) is 6.61 Å². The number of para-hydroxylation sites is 1. The van der Waals surface area contributed by atoms with Gasteiger partial charge in [0.05, 0.1) is 11.3 Å². The molecule has 0 fully saturated rings. The third-order valence-electron chi connectivity index (χ3n) is 3.86. The number of carbonyl (C=O) groups excluding carboxylic acids is 3. The first-order valence-electron chi connectivity index (χ1n) is 8.53. The molecule has 0 saturated carbocycles. The lowest BCUT2D eigenvalue weighted by atomic mass is 10.1. The summed E-state index contributed by atoms with van der Waals surface area (Å²) >= 11 is 5.82. The highest BCUT2D eigenvalue weighted by Gasteiger charge is 2.17. The summed E-state index contributed by atoms with van der Waals surface area (Å²) in [5.41, 5.74) is 0.858. The summed E-state index contributed by atoms with van der Waals surface area (Å²) in [6.07, 6.45) is 0.777. The predicted octanol–water partition coefficient (Wildman–Crippen LogP) is 3.66.